The highest BCUT2D eigenvalue weighted by Gasteiger charge is 2.35. The number of anilines is 1. The molecule has 0 aliphatic carbocycles. The van der Waals surface area contributed by atoms with Crippen molar-refractivity contribution in [1.29, 1.82) is 0 Å². The van der Waals surface area contributed by atoms with Crippen LogP contribution in [0.1, 0.15) is 21.5 Å². The molecule has 12 heteroatoms. The van der Waals surface area contributed by atoms with Crippen LogP contribution in [0.5, 0.6) is 0 Å². The first-order valence-electron chi connectivity index (χ1n) is 7.85. The van der Waals surface area contributed by atoms with Gasteiger partial charge in [-0.25, -0.2) is 12.8 Å². The van der Waals surface area contributed by atoms with Crippen molar-refractivity contribution in [1.82, 2.24) is 10.2 Å². The summed E-state index contributed by atoms with van der Waals surface area (Å²) < 4.78 is 77.1. The number of rotatable bonds is 5. The molecule has 0 spiro atoms. The van der Waals surface area contributed by atoms with Gasteiger partial charge in [0.15, 0.2) is 0 Å². The fraction of sp³-hybridized carbons (Fsp3) is 0.118. The smallest absolute Gasteiger partial charge is 0.296 e. The number of halogens is 4. The summed E-state index contributed by atoms with van der Waals surface area (Å²) in [7, 11) is -4.07. The van der Waals surface area contributed by atoms with Crippen molar-refractivity contribution >= 4 is 32.2 Å². The van der Waals surface area contributed by atoms with Crippen LogP contribution in [0, 0.1) is 5.82 Å². The van der Waals surface area contributed by atoms with E-state index in [-0.39, 0.29) is 10.7 Å². The Balaban J connectivity index is 1.81. The summed E-state index contributed by atoms with van der Waals surface area (Å²) in [5.74, 6) is -2.51. The van der Waals surface area contributed by atoms with Crippen molar-refractivity contribution in [3.8, 4) is 0 Å². The maximum atomic E-state index is 13.7. The molecule has 2 aromatic carbocycles. The minimum atomic E-state index is -4.75. The predicted molar refractivity (Wildman–Crippen MR) is 96.6 cm³/mol. The highest BCUT2D eigenvalue weighted by molar-refractivity contribution is 7.92. The van der Waals surface area contributed by atoms with Gasteiger partial charge in [0, 0.05) is 5.56 Å². The van der Waals surface area contributed by atoms with Gasteiger partial charge in [-0.1, -0.05) is 41.7 Å². The van der Waals surface area contributed by atoms with Crippen molar-refractivity contribution in [2.75, 3.05) is 5.32 Å². The standard InChI is InChI=1S/C17H11F4N3O3S2/c18-13-8-4-1-5-10(13)9-29(26,27)16-24-23-15(28-16)22-14(25)11-6-2-3-7-12(11)17(19,20)21/h1-8H,9H2,(H,22,23,25). The Morgan fingerprint density at radius 2 is 1.69 bits per heavy atom. The van der Waals surface area contributed by atoms with Gasteiger partial charge in [0.25, 0.3) is 5.91 Å². The first-order chi connectivity index (χ1) is 13.6. The van der Waals surface area contributed by atoms with Gasteiger partial charge in [0.05, 0.1) is 16.9 Å². The van der Waals surface area contributed by atoms with E-state index in [0.717, 1.165) is 24.3 Å². The summed E-state index contributed by atoms with van der Waals surface area (Å²) in [5, 5.41) is 8.74. The number of nitrogens with zero attached hydrogens (tertiary/aromatic N) is 2. The second-order valence-electron chi connectivity index (χ2n) is 5.72. The van der Waals surface area contributed by atoms with Gasteiger partial charge in [-0.2, -0.15) is 13.2 Å². The van der Waals surface area contributed by atoms with Crippen LogP contribution in [0.25, 0.3) is 0 Å². The van der Waals surface area contributed by atoms with E-state index in [1.54, 1.807) is 0 Å². The van der Waals surface area contributed by atoms with Crippen molar-refractivity contribution in [2.45, 2.75) is 16.3 Å². The van der Waals surface area contributed by atoms with Gasteiger partial charge in [0.2, 0.25) is 19.3 Å². The van der Waals surface area contributed by atoms with Gasteiger partial charge >= 0.3 is 6.18 Å². The Hall–Kier alpha value is -2.86. The third kappa shape index (κ3) is 4.77. The molecule has 3 aromatic rings. The van der Waals surface area contributed by atoms with Crippen LogP contribution in [0.15, 0.2) is 52.9 Å². The average Bonchev–Trinajstić information content (AvgIpc) is 3.12. The second-order valence-corrected chi connectivity index (χ2v) is 8.86. The highest BCUT2D eigenvalue weighted by Crippen LogP contribution is 2.32. The summed E-state index contributed by atoms with van der Waals surface area (Å²) in [6.07, 6.45) is -4.75. The molecule has 3 rings (SSSR count). The first-order valence-corrected chi connectivity index (χ1v) is 10.3. The molecule has 1 heterocycles. The van der Waals surface area contributed by atoms with Crippen LogP contribution in [0.3, 0.4) is 0 Å². The van der Waals surface area contributed by atoms with E-state index in [1.165, 1.54) is 24.3 Å². The van der Waals surface area contributed by atoms with E-state index in [1.807, 2.05) is 0 Å². The lowest BCUT2D eigenvalue weighted by molar-refractivity contribution is -0.137. The number of carbonyl (C=O) groups excluding carboxylic acids is 1. The molecule has 0 unspecified atom stereocenters. The lowest BCUT2D eigenvalue weighted by Crippen LogP contribution is -2.18. The van der Waals surface area contributed by atoms with Crippen LogP contribution in [0.2, 0.25) is 0 Å². The van der Waals surface area contributed by atoms with E-state index in [2.05, 4.69) is 15.5 Å². The Labute approximate surface area is 166 Å². The Morgan fingerprint density at radius 3 is 2.38 bits per heavy atom. The van der Waals surface area contributed by atoms with Crippen molar-refractivity contribution in [3.63, 3.8) is 0 Å². The molecule has 0 aliphatic heterocycles. The number of hydrogen-bond donors (Lipinski definition) is 1. The lowest BCUT2D eigenvalue weighted by atomic mass is 10.1. The van der Waals surface area contributed by atoms with Gasteiger partial charge in [-0.15, -0.1) is 10.2 Å². The molecule has 0 saturated carbocycles. The van der Waals surface area contributed by atoms with Crippen LogP contribution in [0.4, 0.5) is 22.7 Å². The zero-order chi connectivity index (χ0) is 21.2. The number of carbonyl (C=O) groups is 1. The highest BCUT2D eigenvalue weighted by atomic mass is 32.2. The monoisotopic (exact) mass is 445 g/mol. The maximum absolute atomic E-state index is 13.7. The number of alkyl halides is 3. The van der Waals surface area contributed by atoms with Gasteiger partial charge in [0.1, 0.15) is 5.82 Å². The molecule has 1 aromatic heterocycles. The third-order valence-electron chi connectivity index (χ3n) is 3.67. The largest absolute Gasteiger partial charge is 0.417 e. The number of nitrogens with one attached hydrogen (secondary N) is 1. The zero-order valence-corrected chi connectivity index (χ0v) is 15.9. The fourth-order valence-electron chi connectivity index (χ4n) is 2.36. The quantitative estimate of drug-likeness (QED) is 0.475. The molecule has 0 atom stereocenters. The third-order valence-corrected chi connectivity index (χ3v) is 6.62. The minimum absolute atomic E-state index is 0.0765. The van der Waals surface area contributed by atoms with Crippen molar-refractivity contribution < 1.29 is 30.8 Å². The van der Waals surface area contributed by atoms with Crippen molar-refractivity contribution in [3.05, 3.63) is 71.0 Å². The molecule has 6 nitrogen and oxygen atoms in total. The molecule has 152 valence electrons. The Bertz CT molecular complexity index is 1160. The number of sulfone groups is 1. The van der Waals surface area contributed by atoms with Crippen LogP contribution >= 0.6 is 11.3 Å². The molecule has 0 bridgehead atoms. The molecule has 29 heavy (non-hydrogen) atoms. The van der Waals surface area contributed by atoms with Gasteiger partial charge < -0.3 is 0 Å². The number of amides is 1. The molecular formula is C17H11F4N3O3S2. The minimum Gasteiger partial charge on any atom is -0.296 e. The summed E-state index contributed by atoms with van der Waals surface area (Å²) >= 11 is 0.455. The number of hydrogen-bond acceptors (Lipinski definition) is 6. The molecule has 0 aliphatic rings. The molecular weight excluding hydrogens is 434 g/mol. The number of aromatic nitrogens is 2. The number of benzene rings is 2. The van der Waals surface area contributed by atoms with Crippen LogP contribution in [-0.4, -0.2) is 24.5 Å². The lowest BCUT2D eigenvalue weighted by Gasteiger charge is -2.11. The Morgan fingerprint density at radius 1 is 1.03 bits per heavy atom. The Kier molecular flexibility index (Phi) is 5.66. The normalized spacial score (nSPS) is 12.0. The van der Waals surface area contributed by atoms with Gasteiger partial charge in [-0.05, 0) is 18.2 Å². The SMILES string of the molecule is O=C(Nc1nnc(S(=O)(=O)Cc2ccccc2F)s1)c1ccccc1C(F)(F)F. The van der Waals surface area contributed by atoms with Crippen LogP contribution in [-0.2, 0) is 21.8 Å². The van der Waals surface area contributed by atoms with Crippen LogP contribution < -0.4 is 5.32 Å². The molecule has 0 saturated heterocycles. The van der Waals surface area contributed by atoms with E-state index in [0.29, 0.717) is 11.3 Å². The zero-order valence-electron chi connectivity index (χ0n) is 14.3. The van der Waals surface area contributed by atoms with E-state index < -0.39 is 49.0 Å². The topological polar surface area (TPSA) is 89.0 Å². The molecule has 1 amide bonds. The summed E-state index contributed by atoms with van der Waals surface area (Å²) in [5.41, 5.74) is -1.87. The van der Waals surface area contributed by atoms with E-state index in [4.69, 9.17) is 0 Å². The molecule has 0 radical (unpaired) electrons. The first kappa shape index (κ1) is 20.9. The summed E-state index contributed by atoms with van der Waals surface area (Å²) in [4.78, 5) is 12.2. The summed E-state index contributed by atoms with van der Waals surface area (Å²) in [6, 6.07) is 9.40. The van der Waals surface area contributed by atoms with E-state index >= 15 is 0 Å². The van der Waals surface area contributed by atoms with Gasteiger partial charge in [-0.3, -0.25) is 10.1 Å². The predicted octanol–water partition coefficient (Wildman–Crippen LogP) is 3.92. The maximum Gasteiger partial charge on any atom is 0.417 e. The fourth-order valence-corrected chi connectivity index (χ4v) is 4.69. The van der Waals surface area contributed by atoms with Crippen molar-refractivity contribution in [2.24, 2.45) is 0 Å². The van der Waals surface area contributed by atoms with E-state index in [9.17, 15) is 30.8 Å². The molecule has 0 fully saturated rings. The molecule has 1 N–H and O–H groups in total. The second kappa shape index (κ2) is 7.87. The summed E-state index contributed by atoms with van der Waals surface area (Å²) in [6.45, 7) is 0. The average molecular weight is 445 g/mol.